The molecule has 0 aromatic carbocycles. The van der Waals surface area contributed by atoms with Crippen molar-refractivity contribution < 1.29 is 9.59 Å². The predicted molar refractivity (Wildman–Crippen MR) is 64.6 cm³/mol. The third kappa shape index (κ3) is 18.5. The van der Waals surface area contributed by atoms with E-state index >= 15 is 0 Å². The molecule has 16 heavy (non-hydrogen) atoms. The standard InChI is InChI=1S/C9H20.C3H2N2O2/c1-6-8(2)7-9(3,4)5;6-2-4-1-5-3-7/h8H,6-7H2,1-5H3;1H2. The van der Waals surface area contributed by atoms with Gasteiger partial charge in [-0.15, -0.1) is 0 Å². The summed E-state index contributed by atoms with van der Waals surface area (Å²) in [5, 5.41) is 0. The molecule has 92 valence electrons. The molecule has 0 radical (unpaired) electrons. The van der Waals surface area contributed by atoms with E-state index in [1.165, 1.54) is 25.0 Å². The van der Waals surface area contributed by atoms with Crippen molar-refractivity contribution in [2.75, 3.05) is 6.67 Å². The van der Waals surface area contributed by atoms with Crippen molar-refractivity contribution in [2.45, 2.75) is 47.5 Å². The van der Waals surface area contributed by atoms with Crippen LogP contribution < -0.4 is 0 Å². The topological polar surface area (TPSA) is 58.9 Å². The zero-order valence-corrected chi connectivity index (χ0v) is 10.9. The predicted octanol–water partition coefficient (Wildman–Crippen LogP) is 3.08. The van der Waals surface area contributed by atoms with Gasteiger partial charge in [-0.3, -0.25) is 0 Å². The Morgan fingerprint density at radius 3 is 1.75 bits per heavy atom. The Morgan fingerprint density at radius 1 is 1.12 bits per heavy atom. The van der Waals surface area contributed by atoms with Crippen LogP contribution in [0.15, 0.2) is 9.98 Å². The maximum Gasteiger partial charge on any atom is 0.236 e. The first-order valence-corrected chi connectivity index (χ1v) is 5.44. The molecular weight excluding hydrogens is 204 g/mol. The Morgan fingerprint density at radius 2 is 1.56 bits per heavy atom. The molecule has 0 heterocycles. The highest BCUT2D eigenvalue weighted by molar-refractivity contribution is 5.35. The molecule has 0 rings (SSSR count). The van der Waals surface area contributed by atoms with Crippen LogP contribution in [0.1, 0.15) is 47.5 Å². The zero-order chi connectivity index (χ0) is 13.0. The fourth-order valence-corrected chi connectivity index (χ4v) is 1.28. The van der Waals surface area contributed by atoms with E-state index in [1.54, 1.807) is 0 Å². The van der Waals surface area contributed by atoms with E-state index in [-0.39, 0.29) is 6.67 Å². The molecule has 0 aromatic rings. The first kappa shape index (κ1) is 17.2. The Bertz CT molecular complexity index is 241. The van der Waals surface area contributed by atoms with Gasteiger partial charge in [0.15, 0.2) is 6.67 Å². The Labute approximate surface area is 97.9 Å². The van der Waals surface area contributed by atoms with Gasteiger partial charge >= 0.3 is 0 Å². The van der Waals surface area contributed by atoms with Crippen LogP contribution in [0, 0.1) is 11.3 Å². The van der Waals surface area contributed by atoms with E-state index in [1.807, 2.05) is 0 Å². The van der Waals surface area contributed by atoms with Crippen molar-refractivity contribution >= 4 is 12.2 Å². The van der Waals surface area contributed by atoms with E-state index in [4.69, 9.17) is 0 Å². The molecule has 4 heteroatoms. The van der Waals surface area contributed by atoms with Gasteiger partial charge in [0.25, 0.3) is 0 Å². The van der Waals surface area contributed by atoms with E-state index < -0.39 is 0 Å². The van der Waals surface area contributed by atoms with Gasteiger partial charge in [0, 0.05) is 0 Å². The minimum Gasteiger partial charge on any atom is -0.211 e. The number of carbonyl (C=O) groups excluding carboxylic acids is 2. The lowest BCUT2D eigenvalue weighted by Gasteiger charge is -2.21. The van der Waals surface area contributed by atoms with E-state index in [2.05, 4.69) is 44.6 Å². The van der Waals surface area contributed by atoms with Crippen LogP contribution in [0.4, 0.5) is 0 Å². The van der Waals surface area contributed by atoms with Crippen LogP contribution in [0.2, 0.25) is 0 Å². The molecular formula is C12H22N2O2. The number of aliphatic imine (C=N–C) groups is 2. The molecule has 0 aliphatic heterocycles. The van der Waals surface area contributed by atoms with Gasteiger partial charge in [0.1, 0.15) is 0 Å². The van der Waals surface area contributed by atoms with E-state index in [0.717, 1.165) is 5.92 Å². The normalized spacial score (nSPS) is 11.3. The first-order valence-electron chi connectivity index (χ1n) is 5.44. The van der Waals surface area contributed by atoms with Gasteiger partial charge in [-0.1, -0.05) is 41.0 Å². The zero-order valence-electron chi connectivity index (χ0n) is 10.9. The molecule has 0 aliphatic carbocycles. The largest absolute Gasteiger partial charge is 0.236 e. The van der Waals surface area contributed by atoms with Gasteiger partial charge in [-0.2, -0.15) is 9.98 Å². The summed E-state index contributed by atoms with van der Waals surface area (Å²) in [5.41, 5.74) is 0.523. The van der Waals surface area contributed by atoms with Crippen molar-refractivity contribution in [1.29, 1.82) is 0 Å². The minimum atomic E-state index is -0.160. The van der Waals surface area contributed by atoms with Crippen LogP contribution in [0.25, 0.3) is 0 Å². The molecule has 0 bridgehead atoms. The number of hydrogen-bond donors (Lipinski definition) is 0. The molecule has 0 N–H and O–H groups in total. The molecule has 0 spiro atoms. The highest BCUT2D eigenvalue weighted by Crippen LogP contribution is 2.25. The number of hydrogen-bond acceptors (Lipinski definition) is 4. The maximum absolute atomic E-state index is 9.20. The molecule has 1 atom stereocenters. The summed E-state index contributed by atoms with van der Waals surface area (Å²) in [6.07, 6.45) is 5.08. The van der Waals surface area contributed by atoms with Gasteiger partial charge in [0.05, 0.1) is 0 Å². The molecule has 4 nitrogen and oxygen atoms in total. The average Bonchev–Trinajstić information content (AvgIpc) is 2.17. The van der Waals surface area contributed by atoms with Crippen LogP contribution >= 0.6 is 0 Å². The lowest BCUT2D eigenvalue weighted by molar-refractivity contribution is 0.302. The first-order chi connectivity index (χ1) is 7.37. The van der Waals surface area contributed by atoms with Crippen molar-refractivity contribution in [3.63, 3.8) is 0 Å². The third-order valence-electron chi connectivity index (χ3n) is 1.93. The van der Waals surface area contributed by atoms with E-state index in [0.29, 0.717) is 5.41 Å². The smallest absolute Gasteiger partial charge is 0.211 e. The van der Waals surface area contributed by atoms with Crippen LogP contribution in [0.3, 0.4) is 0 Å². The summed E-state index contributed by atoms with van der Waals surface area (Å²) in [4.78, 5) is 24.2. The molecule has 0 aromatic heterocycles. The summed E-state index contributed by atoms with van der Waals surface area (Å²) >= 11 is 0. The highest BCUT2D eigenvalue weighted by atomic mass is 16.1. The third-order valence-corrected chi connectivity index (χ3v) is 1.93. The van der Waals surface area contributed by atoms with E-state index in [9.17, 15) is 9.59 Å². The number of rotatable bonds is 4. The highest BCUT2D eigenvalue weighted by Gasteiger charge is 2.13. The van der Waals surface area contributed by atoms with Crippen molar-refractivity contribution in [3.8, 4) is 0 Å². The second kappa shape index (κ2) is 10.3. The van der Waals surface area contributed by atoms with Crippen molar-refractivity contribution in [2.24, 2.45) is 21.3 Å². The average molecular weight is 226 g/mol. The van der Waals surface area contributed by atoms with Crippen molar-refractivity contribution in [3.05, 3.63) is 0 Å². The molecule has 0 fully saturated rings. The summed E-state index contributed by atoms with van der Waals surface area (Å²) in [7, 11) is 0. The number of isocyanates is 2. The maximum atomic E-state index is 9.20. The SMILES string of the molecule is CCC(C)CC(C)(C)C.O=C=NCN=C=O. The molecule has 1 unspecified atom stereocenters. The molecule has 0 aliphatic rings. The fourth-order valence-electron chi connectivity index (χ4n) is 1.28. The van der Waals surface area contributed by atoms with Crippen LogP contribution in [0.5, 0.6) is 0 Å². The van der Waals surface area contributed by atoms with Gasteiger partial charge in [0.2, 0.25) is 12.2 Å². The summed E-state index contributed by atoms with van der Waals surface area (Å²) in [6, 6.07) is 0. The fraction of sp³-hybridized carbons (Fsp3) is 0.833. The minimum absolute atomic E-state index is 0.160. The lowest BCUT2D eigenvalue weighted by atomic mass is 9.84. The second-order valence-corrected chi connectivity index (χ2v) is 4.92. The van der Waals surface area contributed by atoms with Gasteiger partial charge in [-0.25, -0.2) is 9.59 Å². The summed E-state index contributed by atoms with van der Waals surface area (Å²) < 4.78 is 0. The lowest BCUT2D eigenvalue weighted by Crippen LogP contribution is -2.09. The monoisotopic (exact) mass is 226 g/mol. The number of nitrogens with zero attached hydrogens (tertiary/aromatic N) is 2. The van der Waals surface area contributed by atoms with Gasteiger partial charge < -0.3 is 0 Å². The summed E-state index contributed by atoms with van der Waals surface area (Å²) in [6.45, 7) is 11.3. The van der Waals surface area contributed by atoms with Gasteiger partial charge in [-0.05, 0) is 17.8 Å². The Kier molecular flexibility index (Phi) is 11.0. The molecule has 0 saturated carbocycles. The van der Waals surface area contributed by atoms with Crippen molar-refractivity contribution in [1.82, 2.24) is 0 Å². The molecule has 0 saturated heterocycles. The van der Waals surface area contributed by atoms with Crippen LogP contribution in [-0.2, 0) is 9.59 Å². The second-order valence-electron chi connectivity index (χ2n) is 4.92. The summed E-state index contributed by atoms with van der Waals surface area (Å²) in [5.74, 6) is 0.894. The quantitative estimate of drug-likeness (QED) is 0.546. The Balaban J connectivity index is 0. The van der Waals surface area contributed by atoms with Crippen LogP contribution in [-0.4, -0.2) is 18.8 Å². The Hall–Kier alpha value is -1.24. The molecule has 0 amide bonds.